The van der Waals surface area contributed by atoms with Crippen LogP contribution in [0.4, 0.5) is 5.82 Å². The highest BCUT2D eigenvalue weighted by Gasteiger charge is 2.32. The lowest BCUT2D eigenvalue weighted by Gasteiger charge is -2.39. The smallest absolute Gasteiger partial charge is 0.270 e. The molecule has 0 radical (unpaired) electrons. The number of carbonyl (C=O) groups excluding carboxylic acids is 1. The summed E-state index contributed by atoms with van der Waals surface area (Å²) in [6.45, 7) is 10.5. The van der Waals surface area contributed by atoms with E-state index < -0.39 is 0 Å². The van der Waals surface area contributed by atoms with Gasteiger partial charge in [-0.3, -0.25) is 19.1 Å². The molecule has 2 aliphatic rings. The number of likely N-dealkylation sites (N-methyl/N-ethyl adjacent to an activating group) is 1. The Morgan fingerprint density at radius 2 is 1.90 bits per heavy atom. The number of hydrogen-bond acceptors (Lipinski definition) is 6. The Morgan fingerprint density at radius 3 is 2.40 bits per heavy atom. The van der Waals surface area contributed by atoms with Gasteiger partial charge in [-0.05, 0) is 43.2 Å². The number of aromatic nitrogens is 1. The van der Waals surface area contributed by atoms with Crippen molar-refractivity contribution in [3.63, 3.8) is 0 Å². The van der Waals surface area contributed by atoms with Crippen LogP contribution in [-0.4, -0.2) is 39.8 Å². The quantitative estimate of drug-likeness (QED) is 0.520. The summed E-state index contributed by atoms with van der Waals surface area (Å²) in [5.74, 6) is 1.66. The average Bonchev–Trinajstić information content (AvgIpc) is 2.92. The Morgan fingerprint density at radius 1 is 1.27 bits per heavy atom. The summed E-state index contributed by atoms with van der Waals surface area (Å²) < 4.78 is 2.24. The molecular weight excluding hydrogens is 416 g/mol. The molecule has 0 N–H and O–H groups in total. The minimum Gasteiger partial charge on any atom is -0.357 e. The molecular formula is C22H28N4O2S2. The summed E-state index contributed by atoms with van der Waals surface area (Å²) in [6, 6.07) is 2.10. The van der Waals surface area contributed by atoms with E-state index in [1.54, 1.807) is 18.5 Å². The average molecular weight is 445 g/mol. The lowest BCUT2D eigenvalue weighted by molar-refractivity contribution is -0.121. The molecule has 0 saturated carbocycles. The lowest BCUT2D eigenvalue weighted by Crippen LogP contribution is -2.43. The molecule has 2 fully saturated rings. The van der Waals surface area contributed by atoms with E-state index in [1.807, 2.05) is 13.0 Å². The van der Waals surface area contributed by atoms with Crippen molar-refractivity contribution in [3.05, 3.63) is 31.9 Å². The molecule has 2 atom stereocenters. The highest BCUT2D eigenvalue weighted by Crippen LogP contribution is 2.36. The largest absolute Gasteiger partial charge is 0.357 e. The van der Waals surface area contributed by atoms with Gasteiger partial charge in [0.1, 0.15) is 21.8 Å². The van der Waals surface area contributed by atoms with E-state index in [0.29, 0.717) is 33.2 Å². The number of anilines is 1. The number of thioether (sulfide) groups is 1. The zero-order chi connectivity index (χ0) is 22.2. The third kappa shape index (κ3) is 4.06. The molecule has 2 saturated heterocycles. The second-order valence-electron chi connectivity index (χ2n) is 8.40. The summed E-state index contributed by atoms with van der Waals surface area (Å²) in [4.78, 5) is 30.1. The van der Waals surface area contributed by atoms with Gasteiger partial charge in [0.25, 0.3) is 11.5 Å². The number of nitrogens with zero attached hydrogens (tertiary/aromatic N) is 4. The zero-order valence-electron chi connectivity index (χ0n) is 18.2. The van der Waals surface area contributed by atoms with Gasteiger partial charge in [-0.1, -0.05) is 44.8 Å². The highest BCUT2D eigenvalue weighted by atomic mass is 32.2. The van der Waals surface area contributed by atoms with Crippen LogP contribution in [0.5, 0.6) is 0 Å². The standard InChI is InChI=1S/C22H28N4O2S2/c1-6-7-26-19(25-11-13(2)8-14(3)12-25)16(15(4)17(10-23)20(26)27)9-18-21(28)24(5)22(29)30-18/h9,13-14H,6-8,11-12H2,1-5H3. The van der Waals surface area contributed by atoms with Crippen molar-refractivity contribution < 1.29 is 4.79 Å². The second-order valence-corrected chi connectivity index (χ2v) is 10.1. The van der Waals surface area contributed by atoms with E-state index in [0.717, 1.165) is 37.3 Å². The van der Waals surface area contributed by atoms with E-state index in [9.17, 15) is 14.9 Å². The fourth-order valence-corrected chi connectivity index (χ4v) is 5.59. The molecule has 0 aliphatic carbocycles. The van der Waals surface area contributed by atoms with Gasteiger partial charge >= 0.3 is 0 Å². The fourth-order valence-electron chi connectivity index (χ4n) is 4.43. The zero-order valence-corrected chi connectivity index (χ0v) is 19.8. The number of piperidine rings is 1. The number of thiocarbonyl (C=S) groups is 1. The predicted octanol–water partition coefficient (Wildman–Crippen LogP) is 3.75. The molecule has 2 aliphatic heterocycles. The minimum absolute atomic E-state index is 0.142. The van der Waals surface area contributed by atoms with Crippen molar-refractivity contribution in [1.82, 2.24) is 9.47 Å². The van der Waals surface area contributed by atoms with E-state index in [-0.39, 0.29) is 17.0 Å². The number of nitriles is 1. The molecule has 0 spiro atoms. The number of carbonyl (C=O) groups is 1. The van der Waals surface area contributed by atoms with Crippen LogP contribution in [0.25, 0.3) is 6.08 Å². The molecule has 30 heavy (non-hydrogen) atoms. The Labute approximate surface area is 187 Å². The molecule has 1 aromatic heterocycles. The fraction of sp³-hybridized carbons (Fsp3) is 0.545. The van der Waals surface area contributed by atoms with Gasteiger partial charge in [-0.15, -0.1) is 0 Å². The van der Waals surface area contributed by atoms with Crippen molar-refractivity contribution in [2.75, 3.05) is 25.0 Å². The van der Waals surface area contributed by atoms with Crippen LogP contribution < -0.4 is 10.5 Å². The number of hydrogen-bond donors (Lipinski definition) is 0. The summed E-state index contributed by atoms with van der Waals surface area (Å²) in [5.41, 5.74) is 1.29. The minimum atomic E-state index is -0.252. The molecule has 6 nitrogen and oxygen atoms in total. The molecule has 3 rings (SSSR count). The summed E-state index contributed by atoms with van der Waals surface area (Å²) in [6.07, 6.45) is 3.74. The molecule has 8 heteroatoms. The first-order chi connectivity index (χ1) is 14.2. The van der Waals surface area contributed by atoms with Crippen LogP contribution in [0.3, 0.4) is 0 Å². The Balaban J connectivity index is 2.30. The molecule has 160 valence electrons. The van der Waals surface area contributed by atoms with Crippen LogP contribution in [0, 0.1) is 30.1 Å². The summed E-state index contributed by atoms with van der Waals surface area (Å²) in [5, 5.41) is 9.70. The first-order valence-corrected chi connectivity index (χ1v) is 11.6. The van der Waals surface area contributed by atoms with E-state index in [1.165, 1.54) is 16.7 Å². The van der Waals surface area contributed by atoms with Crippen molar-refractivity contribution in [2.45, 2.75) is 47.1 Å². The van der Waals surface area contributed by atoms with Crippen molar-refractivity contribution in [2.24, 2.45) is 11.8 Å². The molecule has 2 unspecified atom stereocenters. The molecule has 1 aromatic rings. The normalized spacial score (nSPS) is 23.4. The topological polar surface area (TPSA) is 69.3 Å². The van der Waals surface area contributed by atoms with Crippen LogP contribution in [-0.2, 0) is 11.3 Å². The van der Waals surface area contributed by atoms with Gasteiger partial charge in [-0.25, -0.2) is 0 Å². The van der Waals surface area contributed by atoms with Gasteiger partial charge in [0.15, 0.2) is 0 Å². The van der Waals surface area contributed by atoms with Crippen molar-refractivity contribution in [3.8, 4) is 6.07 Å². The van der Waals surface area contributed by atoms with Crippen molar-refractivity contribution in [1.29, 1.82) is 5.26 Å². The van der Waals surface area contributed by atoms with Gasteiger partial charge in [-0.2, -0.15) is 5.26 Å². The van der Waals surface area contributed by atoms with Gasteiger partial charge in [0.05, 0.1) is 4.91 Å². The Kier molecular flexibility index (Phi) is 6.73. The summed E-state index contributed by atoms with van der Waals surface area (Å²) in [7, 11) is 1.67. The maximum absolute atomic E-state index is 13.2. The van der Waals surface area contributed by atoms with Gasteiger partial charge in [0.2, 0.25) is 0 Å². The van der Waals surface area contributed by atoms with E-state index >= 15 is 0 Å². The van der Waals surface area contributed by atoms with E-state index in [2.05, 4.69) is 24.8 Å². The molecule has 1 amide bonds. The maximum atomic E-state index is 13.2. The third-order valence-electron chi connectivity index (χ3n) is 5.72. The number of amides is 1. The molecule has 0 bridgehead atoms. The maximum Gasteiger partial charge on any atom is 0.270 e. The van der Waals surface area contributed by atoms with Crippen LogP contribution >= 0.6 is 24.0 Å². The van der Waals surface area contributed by atoms with Gasteiger partial charge < -0.3 is 4.90 Å². The number of rotatable bonds is 4. The molecule has 0 aromatic carbocycles. The second kappa shape index (κ2) is 8.94. The highest BCUT2D eigenvalue weighted by molar-refractivity contribution is 8.26. The monoisotopic (exact) mass is 444 g/mol. The first kappa shape index (κ1) is 22.6. The summed E-state index contributed by atoms with van der Waals surface area (Å²) >= 11 is 6.54. The Hall–Kier alpha value is -2.11. The van der Waals surface area contributed by atoms with Crippen LogP contribution in [0.1, 0.15) is 50.3 Å². The Bertz CT molecular complexity index is 1010. The van der Waals surface area contributed by atoms with Crippen LogP contribution in [0.15, 0.2) is 9.70 Å². The van der Waals surface area contributed by atoms with Crippen molar-refractivity contribution >= 4 is 46.1 Å². The lowest BCUT2D eigenvalue weighted by atomic mass is 9.91. The third-order valence-corrected chi connectivity index (χ3v) is 7.21. The van der Waals surface area contributed by atoms with E-state index in [4.69, 9.17) is 12.2 Å². The molecule has 3 heterocycles. The first-order valence-electron chi connectivity index (χ1n) is 10.3. The van der Waals surface area contributed by atoms with Crippen LogP contribution in [0.2, 0.25) is 0 Å². The van der Waals surface area contributed by atoms with Gasteiger partial charge in [0, 0.05) is 32.2 Å². The predicted molar refractivity (Wildman–Crippen MR) is 127 cm³/mol. The number of pyridine rings is 1. The SMILES string of the molecule is CCCn1c(N2CC(C)CC(C)C2)c(C=C2SC(=S)N(C)C2=O)c(C)c(C#N)c1=O.